The minimum absolute atomic E-state index is 0.206. The van der Waals surface area contributed by atoms with Gasteiger partial charge in [-0.2, -0.15) is 0 Å². The molecule has 0 aromatic heterocycles. The first-order valence-corrected chi connectivity index (χ1v) is 4.19. The number of hydrogen-bond acceptors (Lipinski definition) is 1. The molecule has 1 nitrogen and oxygen atoms in total. The molecule has 1 aromatic rings. The number of aryl methyl sites for hydroxylation is 1. The Balaban J connectivity index is 0.000000561. The second kappa shape index (κ2) is 5.72. The predicted octanol–water partition coefficient (Wildman–Crippen LogP) is 2.62. The summed E-state index contributed by atoms with van der Waals surface area (Å²) in [5, 5.41) is 0. The summed E-state index contributed by atoms with van der Waals surface area (Å²) < 4.78 is 12.8. The molecule has 0 saturated carbocycles. The number of hydrogen-bond donors (Lipinski definition) is 1. The zero-order chi connectivity index (χ0) is 9.56. The maximum Gasteiger partial charge on any atom is 0.127 e. The average Bonchev–Trinajstić information content (AvgIpc) is 2.08. The van der Waals surface area contributed by atoms with Crippen molar-refractivity contribution in [2.75, 3.05) is 0 Å². The fourth-order valence-corrected chi connectivity index (χ4v) is 0.818. The van der Waals surface area contributed by atoms with E-state index in [1.54, 1.807) is 6.07 Å². The molecule has 1 rings (SSSR count). The van der Waals surface area contributed by atoms with E-state index in [0.717, 1.165) is 5.56 Å². The van der Waals surface area contributed by atoms with Crippen LogP contribution in [0.25, 0.3) is 0 Å². The van der Waals surface area contributed by atoms with Crippen molar-refractivity contribution in [1.29, 1.82) is 0 Å². The standard InChI is InChI=1S/C8H10FN.C2H6/c1-6-2-3-7(5-10)8(9)4-6;1-2/h2-4H,5,10H2,1H3;1-2H3. The molecule has 0 fully saturated rings. The fourth-order valence-electron chi connectivity index (χ4n) is 0.818. The second-order valence-electron chi connectivity index (χ2n) is 2.30. The minimum atomic E-state index is -0.206. The molecule has 2 N–H and O–H groups in total. The van der Waals surface area contributed by atoms with Crippen LogP contribution in [0.2, 0.25) is 0 Å². The molecule has 68 valence electrons. The van der Waals surface area contributed by atoms with Gasteiger partial charge in [0.2, 0.25) is 0 Å². The fraction of sp³-hybridized carbons (Fsp3) is 0.400. The maximum atomic E-state index is 12.8. The molecule has 12 heavy (non-hydrogen) atoms. The quantitative estimate of drug-likeness (QED) is 0.687. The number of halogens is 1. The van der Waals surface area contributed by atoms with Gasteiger partial charge in [-0.15, -0.1) is 0 Å². The van der Waals surface area contributed by atoms with Gasteiger partial charge in [0, 0.05) is 12.1 Å². The van der Waals surface area contributed by atoms with Gasteiger partial charge >= 0.3 is 0 Å². The highest BCUT2D eigenvalue weighted by atomic mass is 19.1. The summed E-state index contributed by atoms with van der Waals surface area (Å²) in [6.45, 7) is 6.12. The lowest BCUT2D eigenvalue weighted by atomic mass is 10.1. The van der Waals surface area contributed by atoms with E-state index in [-0.39, 0.29) is 12.4 Å². The molecule has 0 bridgehead atoms. The molecule has 0 spiro atoms. The van der Waals surface area contributed by atoms with Gasteiger partial charge in [0.05, 0.1) is 0 Å². The molecular weight excluding hydrogens is 153 g/mol. The van der Waals surface area contributed by atoms with E-state index < -0.39 is 0 Å². The van der Waals surface area contributed by atoms with Gasteiger partial charge in [-0.25, -0.2) is 4.39 Å². The number of benzene rings is 1. The summed E-state index contributed by atoms with van der Waals surface area (Å²) in [6.07, 6.45) is 0. The maximum absolute atomic E-state index is 12.8. The van der Waals surface area contributed by atoms with Crippen molar-refractivity contribution in [2.24, 2.45) is 5.73 Å². The summed E-state index contributed by atoms with van der Waals surface area (Å²) >= 11 is 0. The molecule has 0 radical (unpaired) electrons. The van der Waals surface area contributed by atoms with Crippen molar-refractivity contribution in [1.82, 2.24) is 0 Å². The monoisotopic (exact) mass is 169 g/mol. The van der Waals surface area contributed by atoms with E-state index in [1.165, 1.54) is 6.07 Å². The number of rotatable bonds is 1. The Morgan fingerprint density at radius 2 is 1.92 bits per heavy atom. The van der Waals surface area contributed by atoms with Crippen LogP contribution in [0, 0.1) is 12.7 Å². The summed E-state index contributed by atoms with van der Waals surface area (Å²) in [5.41, 5.74) is 6.76. The van der Waals surface area contributed by atoms with E-state index in [4.69, 9.17) is 5.73 Å². The average molecular weight is 169 g/mol. The SMILES string of the molecule is CC.Cc1ccc(CN)c(F)c1. The lowest BCUT2D eigenvalue weighted by Crippen LogP contribution is -1.99. The Morgan fingerprint density at radius 3 is 2.33 bits per heavy atom. The van der Waals surface area contributed by atoms with Crippen LogP contribution in [-0.4, -0.2) is 0 Å². The lowest BCUT2D eigenvalue weighted by Gasteiger charge is -1.98. The van der Waals surface area contributed by atoms with E-state index in [2.05, 4.69) is 0 Å². The van der Waals surface area contributed by atoms with Crippen molar-refractivity contribution in [3.8, 4) is 0 Å². The van der Waals surface area contributed by atoms with Gasteiger partial charge in [0.25, 0.3) is 0 Å². The molecule has 0 heterocycles. The lowest BCUT2D eigenvalue weighted by molar-refractivity contribution is 0.609. The zero-order valence-electron chi connectivity index (χ0n) is 7.89. The smallest absolute Gasteiger partial charge is 0.127 e. The molecule has 0 saturated heterocycles. The Kier molecular flexibility index (Phi) is 5.30. The van der Waals surface area contributed by atoms with Crippen LogP contribution < -0.4 is 5.73 Å². The normalized spacial score (nSPS) is 8.75. The number of nitrogens with two attached hydrogens (primary N) is 1. The first-order chi connectivity index (χ1) is 5.74. The van der Waals surface area contributed by atoms with Crippen LogP contribution in [0.5, 0.6) is 0 Å². The van der Waals surface area contributed by atoms with Crippen molar-refractivity contribution in [2.45, 2.75) is 27.3 Å². The van der Waals surface area contributed by atoms with Gasteiger partial charge < -0.3 is 5.73 Å². The molecule has 0 aliphatic carbocycles. The summed E-state index contributed by atoms with van der Waals surface area (Å²) in [7, 11) is 0. The molecule has 0 amide bonds. The van der Waals surface area contributed by atoms with Crippen molar-refractivity contribution >= 4 is 0 Å². The van der Waals surface area contributed by atoms with Gasteiger partial charge in [-0.3, -0.25) is 0 Å². The molecule has 0 unspecified atom stereocenters. The molecule has 1 aromatic carbocycles. The molecule has 0 atom stereocenters. The minimum Gasteiger partial charge on any atom is -0.326 e. The molecule has 0 aliphatic rings. The largest absolute Gasteiger partial charge is 0.326 e. The summed E-state index contributed by atoms with van der Waals surface area (Å²) in [4.78, 5) is 0. The first kappa shape index (κ1) is 11.1. The van der Waals surface area contributed by atoms with Crippen LogP contribution in [0.4, 0.5) is 4.39 Å². The van der Waals surface area contributed by atoms with Crippen molar-refractivity contribution in [3.05, 3.63) is 35.1 Å². The Bertz CT molecular complexity index is 233. The third-order valence-electron chi connectivity index (χ3n) is 1.43. The van der Waals surface area contributed by atoms with E-state index in [0.29, 0.717) is 5.56 Å². The van der Waals surface area contributed by atoms with Crippen LogP contribution >= 0.6 is 0 Å². The molecule has 2 heteroatoms. The summed E-state index contributed by atoms with van der Waals surface area (Å²) in [6, 6.07) is 5.05. The van der Waals surface area contributed by atoms with Gasteiger partial charge in [-0.1, -0.05) is 26.0 Å². The third-order valence-corrected chi connectivity index (χ3v) is 1.43. The van der Waals surface area contributed by atoms with Crippen molar-refractivity contribution in [3.63, 3.8) is 0 Å². The van der Waals surface area contributed by atoms with Gasteiger partial charge in [0.15, 0.2) is 0 Å². The molecular formula is C10H16FN. The predicted molar refractivity (Wildman–Crippen MR) is 50.4 cm³/mol. The Hall–Kier alpha value is -0.890. The van der Waals surface area contributed by atoms with Crippen LogP contribution in [0.1, 0.15) is 25.0 Å². The third kappa shape index (κ3) is 3.01. The Morgan fingerprint density at radius 1 is 1.33 bits per heavy atom. The highest BCUT2D eigenvalue weighted by Gasteiger charge is 1.97. The van der Waals surface area contributed by atoms with Crippen molar-refractivity contribution < 1.29 is 4.39 Å². The van der Waals surface area contributed by atoms with Gasteiger partial charge in [-0.05, 0) is 18.6 Å². The highest BCUT2D eigenvalue weighted by Crippen LogP contribution is 2.08. The first-order valence-electron chi connectivity index (χ1n) is 4.19. The van der Waals surface area contributed by atoms with Gasteiger partial charge in [0.1, 0.15) is 5.82 Å². The summed E-state index contributed by atoms with van der Waals surface area (Å²) in [5.74, 6) is -0.206. The van der Waals surface area contributed by atoms with E-state index in [9.17, 15) is 4.39 Å². The second-order valence-corrected chi connectivity index (χ2v) is 2.30. The van der Waals surface area contributed by atoms with E-state index in [1.807, 2.05) is 26.8 Å². The van der Waals surface area contributed by atoms with Crippen LogP contribution in [0.3, 0.4) is 0 Å². The Labute approximate surface area is 73.4 Å². The zero-order valence-corrected chi connectivity index (χ0v) is 7.89. The van der Waals surface area contributed by atoms with Crippen LogP contribution in [0.15, 0.2) is 18.2 Å². The highest BCUT2D eigenvalue weighted by molar-refractivity contribution is 5.22. The topological polar surface area (TPSA) is 26.0 Å². The van der Waals surface area contributed by atoms with Crippen LogP contribution in [-0.2, 0) is 6.54 Å². The van der Waals surface area contributed by atoms with E-state index >= 15 is 0 Å². The molecule has 0 aliphatic heterocycles.